The molecule has 186 valence electrons. The summed E-state index contributed by atoms with van der Waals surface area (Å²) in [6.07, 6.45) is 0.162. The minimum absolute atomic E-state index is 0.0606. The summed E-state index contributed by atoms with van der Waals surface area (Å²) in [5.74, 6) is 0.551. The van der Waals surface area contributed by atoms with Crippen LogP contribution in [-0.4, -0.2) is 34.1 Å². The molecule has 0 aliphatic carbocycles. The van der Waals surface area contributed by atoms with E-state index in [1.54, 1.807) is 20.1 Å². The van der Waals surface area contributed by atoms with Crippen LogP contribution in [0.15, 0.2) is 77.7 Å². The maximum absolute atomic E-state index is 13.3. The van der Waals surface area contributed by atoms with Crippen LogP contribution in [0.5, 0.6) is 11.5 Å². The van der Waals surface area contributed by atoms with E-state index in [1.807, 2.05) is 55.5 Å². The molecule has 0 heterocycles. The number of nitrogens with one attached hydrogen (secondary N) is 2. The highest BCUT2D eigenvalue weighted by atomic mass is 35.5. The van der Waals surface area contributed by atoms with Crippen molar-refractivity contribution in [3.05, 3.63) is 88.9 Å². The third-order valence-electron chi connectivity index (χ3n) is 5.37. The van der Waals surface area contributed by atoms with Crippen molar-refractivity contribution in [1.82, 2.24) is 10.0 Å². The Labute approximate surface area is 211 Å². The highest BCUT2D eigenvalue weighted by molar-refractivity contribution is 7.89. The number of sulfonamides is 1. The van der Waals surface area contributed by atoms with Gasteiger partial charge in [-0.25, -0.2) is 8.42 Å². The summed E-state index contributed by atoms with van der Waals surface area (Å²) in [7, 11) is -2.51. The normalized spacial score (nSPS) is 13.0. The molecule has 3 aromatic rings. The quantitative estimate of drug-likeness (QED) is 0.391. The van der Waals surface area contributed by atoms with Gasteiger partial charge < -0.3 is 14.8 Å². The molecule has 3 aromatic carbocycles. The van der Waals surface area contributed by atoms with Crippen LogP contribution in [0.25, 0.3) is 0 Å². The number of ether oxygens (including phenoxy) is 2. The molecule has 0 aliphatic rings. The molecule has 2 atom stereocenters. The fraction of sp³-hybridized carbons (Fsp3) is 0.269. The molecule has 9 heteroatoms. The smallest absolute Gasteiger partial charge is 0.241 e. The summed E-state index contributed by atoms with van der Waals surface area (Å²) in [4.78, 5) is 13.3. The second kappa shape index (κ2) is 12.1. The maximum atomic E-state index is 13.3. The van der Waals surface area contributed by atoms with E-state index in [0.717, 1.165) is 11.1 Å². The first-order valence-electron chi connectivity index (χ1n) is 11.2. The van der Waals surface area contributed by atoms with Gasteiger partial charge in [-0.05, 0) is 50.1 Å². The standard InChI is InChI=1S/C26H29ClN2O5S/c1-4-34-25-15-14-20(17-22(25)27)35(31,32)29-23(16-19-10-6-5-7-11-19)26(30)28-18(2)21-12-8-9-13-24(21)33-3/h5-15,17-18,23,29H,4,16H2,1-3H3,(H,28,30)/t18-,23+/m1/s1. The van der Waals surface area contributed by atoms with Crippen LogP contribution in [0.3, 0.4) is 0 Å². The molecular weight excluding hydrogens is 488 g/mol. The highest BCUT2D eigenvalue weighted by Gasteiger charge is 2.28. The number of halogens is 1. The number of amides is 1. The summed E-state index contributed by atoms with van der Waals surface area (Å²) in [6, 6.07) is 19.3. The van der Waals surface area contributed by atoms with E-state index in [-0.39, 0.29) is 16.3 Å². The number of hydrogen-bond acceptors (Lipinski definition) is 5. The Balaban J connectivity index is 1.86. The molecule has 35 heavy (non-hydrogen) atoms. The van der Waals surface area contributed by atoms with Crippen molar-refractivity contribution in [2.75, 3.05) is 13.7 Å². The van der Waals surface area contributed by atoms with Gasteiger partial charge in [0.25, 0.3) is 0 Å². The van der Waals surface area contributed by atoms with E-state index in [0.29, 0.717) is 18.1 Å². The SMILES string of the molecule is CCOc1ccc(S(=O)(=O)N[C@@H](Cc2ccccc2)C(=O)N[C@H](C)c2ccccc2OC)cc1Cl. The number of carbonyl (C=O) groups is 1. The van der Waals surface area contributed by atoms with Crippen molar-refractivity contribution in [3.63, 3.8) is 0 Å². The van der Waals surface area contributed by atoms with Crippen LogP contribution < -0.4 is 19.5 Å². The van der Waals surface area contributed by atoms with Gasteiger partial charge in [0, 0.05) is 5.56 Å². The number of rotatable bonds is 11. The van der Waals surface area contributed by atoms with Gasteiger partial charge in [0.2, 0.25) is 15.9 Å². The number of hydrogen-bond donors (Lipinski definition) is 2. The fourth-order valence-electron chi connectivity index (χ4n) is 3.63. The Morgan fingerprint density at radius 1 is 1.00 bits per heavy atom. The minimum atomic E-state index is -4.07. The van der Waals surface area contributed by atoms with Gasteiger partial charge in [-0.15, -0.1) is 0 Å². The molecule has 0 radical (unpaired) electrons. The molecule has 0 bridgehead atoms. The Morgan fingerprint density at radius 3 is 2.34 bits per heavy atom. The maximum Gasteiger partial charge on any atom is 0.241 e. The number of para-hydroxylation sites is 1. The van der Waals surface area contributed by atoms with Gasteiger partial charge in [-0.1, -0.05) is 60.1 Å². The second-order valence-corrected chi connectivity index (χ2v) is 9.98. The second-order valence-electron chi connectivity index (χ2n) is 7.86. The van der Waals surface area contributed by atoms with E-state index in [4.69, 9.17) is 21.1 Å². The summed E-state index contributed by atoms with van der Waals surface area (Å²) >= 11 is 6.20. The molecule has 0 unspecified atom stereocenters. The molecule has 0 fully saturated rings. The van der Waals surface area contributed by atoms with E-state index in [9.17, 15) is 13.2 Å². The Bertz CT molecular complexity index is 1250. The topological polar surface area (TPSA) is 93.7 Å². The van der Waals surface area contributed by atoms with E-state index in [2.05, 4.69) is 10.0 Å². The van der Waals surface area contributed by atoms with Gasteiger partial charge in [-0.2, -0.15) is 4.72 Å². The van der Waals surface area contributed by atoms with Gasteiger partial charge in [-0.3, -0.25) is 4.79 Å². The molecule has 0 saturated heterocycles. The van der Waals surface area contributed by atoms with Crippen LogP contribution in [-0.2, 0) is 21.2 Å². The lowest BCUT2D eigenvalue weighted by Gasteiger charge is -2.23. The minimum Gasteiger partial charge on any atom is -0.496 e. The Morgan fingerprint density at radius 2 is 1.69 bits per heavy atom. The molecule has 0 saturated carbocycles. The van der Waals surface area contributed by atoms with Crippen molar-refractivity contribution in [2.45, 2.75) is 37.2 Å². The van der Waals surface area contributed by atoms with Gasteiger partial charge >= 0.3 is 0 Å². The zero-order valence-corrected chi connectivity index (χ0v) is 21.4. The molecule has 3 rings (SSSR count). The van der Waals surface area contributed by atoms with Crippen molar-refractivity contribution in [1.29, 1.82) is 0 Å². The summed E-state index contributed by atoms with van der Waals surface area (Å²) in [6.45, 7) is 4.02. The van der Waals surface area contributed by atoms with Crippen LogP contribution in [0.2, 0.25) is 5.02 Å². The first-order valence-corrected chi connectivity index (χ1v) is 13.0. The molecule has 1 amide bonds. The average Bonchev–Trinajstić information content (AvgIpc) is 2.85. The number of methoxy groups -OCH3 is 1. The zero-order valence-electron chi connectivity index (χ0n) is 19.8. The van der Waals surface area contributed by atoms with E-state index >= 15 is 0 Å². The van der Waals surface area contributed by atoms with E-state index in [1.165, 1.54) is 18.2 Å². The third-order valence-corrected chi connectivity index (χ3v) is 7.14. The molecule has 7 nitrogen and oxygen atoms in total. The van der Waals surface area contributed by atoms with E-state index < -0.39 is 28.0 Å². The summed E-state index contributed by atoms with van der Waals surface area (Å²) < 4.78 is 39.7. The lowest BCUT2D eigenvalue weighted by atomic mass is 10.0. The molecule has 0 aliphatic heterocycles. The van der Waals surface area contributed by atoms with Gasteiger partial charge in [0.1, 0.15) is 17.5 Å². The van der Waals surface area contributed by atoms with Crippen LogP contribution >= 0.6 is 11.6 Å². The Hall–Kier alpha value is -3.07. The van der Waals surface area contributed by atoms with Crippen molar-refractivity contribution in [3.8, 4) is 11.5 Å². The average molecular weight is 517 g/mol. The van der Waals surface area contributed by atoms with Crippen LogP contribution in [0.1, 0.15) is 31.0 Å². The van der Waals surface area contributed by atoms with Gasteiger partial charge in [0.05, 0.1) is 29.7 Å². The number of benzene rings is 3. The molecular formula is C26H29ClN2O5S. The van der Waals surface area contributed by atoms with Crippen molar-refractivity contribution >= 4 is 27.5 Å². The van der Waals surface area contributed by atoms with Crippen LogP contribution in [0.4, 0.5) is 0 Å². The highest BCUT2D eigenvalue weighted by Crippen LogP contribution is 2.28. The fourth-order valence-corrected chi connectivity index (χ4v) is 5.15. The molecule has 0 aromatic heterocycles. The summed E-state index contributed by atoms with van der Waals surface area (Å²) in [5.41, 5.74) is 1.59. The monoisotopic (exact) mass is 516 g/mol. The Kier molecular flexibility index (Phi) is 9.14. The molecule has 2 N–H and O–H groups in total. The lowest BCUT2D eigenvalue weighted by molar-refractivity contribution is -0.123. The molecule has 0 spiro atoms. The van der Waals surface area contributed by atoms with Crippen LogP contribution in [0, 0.1) is 0 Å². The predicted octanol–water partition coefficient (Wildman–Crippen LogP) is 4.51. The number of carbonyl (C=O) groups excluding carboxylic acids is 1. The lowest BCUT2D eigenvalue weighted by Crippen LogP contribution is -2.48. The van der Waals surface area contributed by atoms with Crippen molar-refractivity contribution < 1.29 is 22.7 Å². The first kappa shape index (κ1) is 26.5. The predicted molar refractivity (Wildman–Crippen MR) is 136 cm³/mol. The zero-order chi connectivity index (χ0) is 25.4. The van der Waals surface area contributed by atoms with Gasteiger partial charge in [0.15, 0.2) is 0 Å². The largest absolute Gasteiger partial charge is 0.496 e. The third kappa shape index (κ3) is 6.97. The van der Waals surface area contributed by atoms with Crippen molar-refractivity contribution in [2.24, 2.45) is 0 Å². The first-order chi connectivity index (χ1) is 16.7. The summed E-state index contributed by atoms with van der Waals surface area (Å²) in [5, 5.41) is 3.08.